The third-order valence-corrected chi connectivity index (χ3v) is 4.47. The SMILES string of the molecule is Cn1cccc1C(CNC(=O)c1ccc(F)cc1)N1CCCC1. The Hall–Kier alpha value is -2.14. The van der Waals surface area contributed by atoms with Crippen LogP contribution in [0.2, 0.25) is 0 Å². The average Bonchev–Trinajstić information content (AvgIpc) is 3.21. The highest BCUT2D eigenvalue weighted by molar-refractivity contribution is 5.94. The van der Waals surface area contributed by atoms with Gasteiger partial charge in [0.25, 0.3) is 5.91 Å². The predicted octanol–water partition coefficient (Wildman–Crippen LogP) is 2.73. The summed E-state index contributed by atoms with van der Waals surface area (Å²) in [7, 11) is 2.03. The van der Waals surface area contributed by atoms with Crippen LogP contribution in [0.15, 0.2) is 42.6 Å². The minimum Gasteiger partial charge on any atom is -0.353 e. The molecule has 1 N–H and O–H groups in total. The highest BCUT2D eigenvalue weighted by Gasteiger charge is 2.25. The van der Waals surface area contributed by atoms with Gasteiger partial charge in [0.1, 0.15) is 5.82 Å². The molecular formula is C18H22FN3O. The summed E-state index contributed by atoms with van der Waals surface area (Å²) in [6.07, 6.45) is 4.43. The number of rotatable bonds is 5. The molecule has 23 heavy (non-hydrogen) atoms. The van der Waals surface area contributed by atoms with Crippen LogP contribution in [0.25, 0.3) is 0 Å². The highest BCUT2D eigenvalue weighted by atomic mass is 19.1. The summed E-state index contributed by atoms with van der Waals surface area (Å²) in [5.41, 5.74) is 1.68. The number of hydrogen-bond donors (Lipinski definition) is 1. The lowest BCUT2D eigenvalue weighted by atomic mass is 10.1. The average molecular weight is 315 g/mol. The molecule has 3 rings (SSSR count). The number of nitrogens with one attached hydrogen (secondary N) is 1. The van der Waals surface area contributed by atoms with Crippen LogP contribution < -0.4 is 5.32 Å². The molecule has 0 spiro atoms. The second-order valence-corrected chi connectivity index (χ2v) is 6.02. The first-order chi connectivity index (χ1) is 11.1. The molecule has 0 saturated carbocycles. The minimum atomic E-state index is -0.333. The fourth-order valence-corrected chi connectivity index (χ4v) is 3.19. The molecule has 1 aromatic carbocycles. The van der Waals surface area contributed by atoms with E-state index >= 15 is 0 Å². The van der Waals surface area contributed by atoms with Gasteiger partial charge in [-0.1, -0.05) is 0 Å². The lowest BCUT2D eigenvalue weighted by molar-refractivity contribution is 0.0936. The topological polar surface area (TPSA) is 37.3 Å². The molecule has 1 atom stereocenters. The minimum absolute atomic E-state index is 0.164. The quantitative estimate of drug-likeness (QED) is 0.921. The summed E-state index contributed by atoms with van der Waals surface area (Å²) in [6.45, 7) is 2.67. The summed E-state index contributed by atoms with van der Waals surface area (Å²) in [6, 6.07) is 9.94. The Bertz CT molecular complexity index is 659. The van der Waals surface area contributed by atoms with Gasteiger partial charge >= 0.3 is 0 Å². The summed E-state index contributed by atoms with van der Waals surface area (Å²) >= 11 is 0. The van der Waals surface area contributed by atoms with Crippen LogP contribution in [0.5, 0.6) is 0 Å². The van der Waals surface area contributed by atoms with Crippen LogP contribution in [0.4, 0.5) is 4.39 Å². The van der Waals surface area contributed by atoms with Crippen molar-refractivity contribution in [1.29, 1.82) is 0 Å². The van der Waals surface area contributed by atoms with E-state index in [1.54, 1.807) is 0 Å². The molecule has 122 valence electrons. The Labute approximate surface area is 135 Å². The molecule has 2 aromatic rings. The second kappa shape index (κ2) is 6.96. The number of nitrogens with zero attached hydrogens (tertiary/aromatic N) is 2. The van der Waals surface area contributed by atoms with Gasteiger partial charge in [-0.15, -0.1) is 0 Å². The van der Waals surface area contributed by atoms with Gasteiger partial charge in [0.05, 0.1) is 6.04 Å². The molecule has 4 nitrogen and oxygen atoms in total. The van der Waals surface area contributed by atoms with Crippen molar-refractivity contribution < 1.29 is 9.18 Å². The lowest BCUT2D eigenvalue weighted by Crippen LogP contribution is -2.37. The Balaban J connectivity index is 1.70. The summed E-state index contributed by atoms with van der Waals surface area (Å²) < 4.78 is 15.1. The molecule has 2 heterocycles. The van der Waals surface area contributed by atoms with Gasteiger partial charge in [-0.3, -0.25) is 9.69 Å². The Morgan fingerprint density at radius 2 is 1.91 bits per heavy atom. The van der Waals surface area contributed by atoms with Crippen molar-refractivity contribution in [3.63, 3.8) is 0 Å². The van der Waals surface area contributed by atoms with E-state index in [9.17, 15) is 9.18 Å². The van der Waals surface area contributed by atoms with Crippen molar-refractivity contribution in [2.24, 2.45) is 7.05 Å². The molecule has 1 amide bonds. The van der Waals surface area contributed by atoms with Crippen LogP contribution in [-0.4, -0.2) is 35.0 Å². The van der Waals surface area contributed by atoms with Gasteiger partial charge in [-0.05, 0) is 62.3 Å². The molecule has 0 bridgehead atoms. The van der Waals surface area contributed by atoms with Crippen LogP contribution in [-0.2, 0) is 7.05 Å². The maximum Gasteiger partial charge on any atom is 0.251 e. The van der Waals surface area contributed by atoms with Gasteiger partial charge in [-0.25, -0.2) is 4.39 Å². The summed E-state index contributed by atoms with van der Waals surface area (Å²) in [4.78, 5) is 14.7. The van der Waals surface area contributed by atoms with E-state index in [1.165, 1.54) is 42.8 Å². The van der Waals surface area contributed by atoms with Crippen LogP contribution in [0.1, 0.15) is 34.9 Å². The number of amides is 1. The van der Waals surface area contributed by atoms with Crippen molar-refractivity contribution in [3.05, 3.63) is 59.7 Å². The number of halogens is 1. The van der Waals surface area contributed by atoms with E-state index in [4.69, 9.17) is 0 Å². The largest absolute Gasteiger partial charge is 0.353 e. The normalized spacial score (nSPS) is 16.4. The Kier molecular flexibility index (Phi) is 4.76. The number of hydrogen-bond acceptors (Lipinski definition) is 2. The van der Waals surface area contributed by atoms with E-state index in [2.05, 4.69) is 20.9 Å². The molecule has 1 fully saturated rings. The second-order valence-electron chi connectivity index (χ2n) is 6.02. The number of carbonyl (C=O) groups excluding carboxylic acids is 1. The molecule has 5 heteroatoms. The lowest BCUT2D eigenvalue weighted by Gasteiger charge is -2.28. The summed E-state index contributed by atoms with van der Waals surface area (Å²) in [5.74, 6) is -0.497. The zero-order valence-electron chi connectivity index (χ0n) is 13.3. The molecule has 1 aromatic heterocycles. The fourth-order valence-electron chi connectivity index (χ4n) is 3.19. The van der Waals surface area contributed by atoms with Crippen molar-refractivity contribution >= 4 is 5.91 Å². The maximum atomic E-state index is 13.0. The van der Waals surface area contributed by atoms with Crippen molar-refractivity contribution in [2.75, 3.05) is 19.6 Å². The molecule has 0 radical (unpaired) electrons. The molecule has 0 aliphatic carbocycles. The summed E-state index contributed by atoms with van der Waals surface area (Å²) in [5, 5.41) is 2.99. The van der Waals surface area contributed by atoms with Gasteiger partial charge in [0, 0.05) is 31.0 Å². The molecule has 1 aliphatic rings. The van der Waals surface area contributed by atoms with E-state index < -0.39 is 0 Å². The van der Waals surface area contributed by atoms with Gasteiger partial charge in [0.15, 0.2) is 0 Å². The smallest absolute Gasteiger partial charge is 0.251 e. The number of aromatic nitrogens is 1. The number of aryl methyl sites for hydroxylation is 1. The molecular weight excluding hydrogens is 293 g/mol. The van der Waals surface area contributed by atoms with Gasteiger partial charge < -0.3 is 9.88 Å². The standard InChI is InChI=1S/C18H22FN3O/c1-21-10-4-5-16(21)17(22-11-2-3-12-22)13-20-18(23)14-6-8-15(19)9-7-14/h4-10,17H,2-3,11-13H2,1H3,(H,20,23). The Morgan fingerprint density at radius 3 is 2.52 bits per heavy atom. The van der Waals surface area contributed by atoms with Gasteiger partial charge in [0.2, 0.25) is 0 Å². The number of carbonyl (C=O) groups is 1. The van der Waals surface area contributed by atoms with Crippen molar-refractivity contribution in [2.45, 2.75) is 18.9 Å². The predicted molar refractivity (Wildman–Crippen MR) is 87.7 cm³/mol. The first-order valence-corrected chi connectivity index (χ1v) is 8.04. The highest BCUT2D eigenvalue weighted by Crippen LogP contribution is 2.24. The zero-order valence-corrected chi connectivity index (χ0v) is 13.3. The number of likely N-dealkylation sites (tertiary alicyclic amines) is 1. The van der Waals surface area contributed by atoms with Gasteiger partial charge in [-0.2, -0.15) is 0 Å². The molecule has 1 aliphatic heterocycles. The molecule has 1 unspecified atom stereocenters. The Morgan fingerprint density at radius 1 is 1.22 bits per heavy atom. The van der Waals surface area contributed by atoms with E-state index in [0.29, 0.717) is 12.1 Å². The zero-order chi connectivity index (χ0) is 16.2. The fraction of sp³-hybridized carbons (Fsp3) is 0.389. The van der Waals surface area contributed by atoms with E-state index in [-0.39, 0.29) is 17.8 Å². The van der Waals surface area contributed by atoms with Crippen LogP contribution >= 0.6 is 0 Å². The monoisotopic (exact) mass is 315 g/mol. The number of benzene rings is 1. The van der Waals surface area contributed by atoms with Crippen LogP contribution in [0.3, 0.4) is 0 Å². The van der Waals surface area contributed by atoms with E-state index in [1.807, 2.05) is 19.3 Å². The van der Waals surface area contributed by atoms with Crippen molar-refractivity contribution in [3.8, 4) is 0 Å². The first-order valence-electron chi connectivity index (χ1n) is 8.04. The van der Waals surface area contributed by atoms with E-state index in [0.717, 1.165) is 13.1 Å². The maximum absolute atomic E-state index is 13.0. The first kappa shape index (κ1) is 15.7. The third-order valence-electron chi connectivity index (χ3n) is 4.47. The van der Waals surface area contributed by atoms with Crippen LogP contribution in [0, 0.1) is 5.82 Å². The third kappa shape index (κ3) is 3.62. The van der Waals surface area contributed by atoms with Crippen molar-refractivity contribution in [1.82, 2.24) is 14.8 Å². The molecule has 1 saturated heterocycles.